The summed E-state index contributed by atoms with van der Waals surface area (Å²) in [4.78, 5) is 15.1. The molecule has 1 unspecified atom stereocenters. The van der Waals surface area contributed by atoms with E-state index in [-0.39, 0.29) is 17.9 Å². The third kappa shape index (κ3) is 4.26. The summed E-state index contributed by atoms with van der Waals surface area (Å²) in [5, 5.41) is 0.318. The number of hydrogen-bond acceptors (Lipinski definition) is 6. The maximum Gasteiger partial charge on any atom is 0.158 e. The third-order valence-electron chi connectivity index (χ3n) is 5.13. The first-order chi connectivity index (χ1) is 14.0. The van der Waals surface area contributed by atoms with E-state index in [9.17, 15) is 4.39 Å². The van der Waals surface area contributed by atoms with Crippen LogP contribution in [0.2, 0.25) is 5.15 Å². The van der Waals surface area contributed by atoms with Gasteiger partial charge in [-0.2, -0.15) is 0 Å². The van der Waals surface area contributed by atoms with Gasteiger partial charge in [0.25, 0.3) is 0 Å². The Morgan fingerprint density at radius 1 is 1.31 bits per heavy atom. The van der Waals surface area contributed by atoms with Crippen LogP contribution in [0.4, 0.5) is 10.2 Å². The molecule has 2 aromatic heterocycles. The molecule has 1 fully saturated rings. The minimum absolute atomic E-state index is 0.0376. The van der Waals surface area contributed by atoms with Crippen molar-refractivity contribution in [3.8, 4) is 5.75 Å². The van der Waals surface area contributed by atoms with Gasteiger partial charge in [0.15, 0.2) is 5.15 Å². The number of halogens is 2. The molecule has 8 heteroatoms. The van der Waals surface area contributed by atoms with Gasteiger partial charge in [-0.15, -0.1) is 0 Å². The molecule has 4 rings (SSSR count). The van der Waals surface area contributed by atoms with E-state index in [1.54, 1.807) is 12.1 Å². The molecule has 0 aliphatic carbocycles. The number of fused-ring (bicyclic) bond motifs is 1. The SMILES string of the molecule is C[C@@H](N)CCOc1ccc(F)cc1C1CCCN1c1ccc2ncnc(Cl)c2n1. The number of nitrogens with zero attached hydrogens (tertiary/aromatic N) is 4. The van der Waals surface area contributed by atoms with Crippen LogP contribution in [0.15, 0.2) is 36.7 Å². The molecule has 3 heterocycles. The molecule has 1 aromatic carbocycles. The number of aromatic nitrogens is 3. The number of rotatable bonds is 6. The molecule has 29 heavy (non-hydrogen) atoms. The van der Waals surface area contributed by atoms with E-state index in [4.69, 9.17) is 22.1 Å². The maximum atomic E-state index is 14.1. The Morgan fingerprint density at radius 3 is 3.00 bits per heavy atom. The van der Waals surface area contributed by atoms with E-state index in [0.29, 0.717) is 28.5 Å². The fourth-order valence-electron chi connectivity index (χ4n) is 3.69. The van der Waals surface area contributed by atoms with Gasteiger partial charge in [0, 0.05) is 18.2 Å². The molecule has 0 amide bonds. The summed E-state index contributed by atoms with van der Waals surface area (Å²) in [6.07, 6.45) is 4.00. The molecule has 0 bridgehead atoms. The van der Waals surface area contributed by atoms with Crippen molar-refractivity contribution in [2.45, 2.75) is 38.3 Å². The van der Waals surface area contributed by atoms with Crippen LogP contribution in [-0.4, -0.2) is 34.1 Å². The van der Waals surface area contributed by atoms with Crippen LogP contribution < -0.4 is 15.4 Å². The average molecular weight is 416 g/mol. The van der Waals surface area contributed by atoms with Crippen LogP contribution >= 0.6 is 11.6 Å². The van der Waals surface area contributed by atoms with Crippen LogP contribution in [0.5, 0.6) is 5.75 Å². The molecule has 2 atom stereocenters. The number of nitrogens with two attached hydrogens (primary N) is 1. The minimum Gasteiger partial charge on any atom is -0.493 e. The van der Waals surface area contributed by atoms with Gasteiger partial charge >= 0.3 is 0 Å². The fourth-order valence-corrected chi connectivity index (χ4v) is 3.87. The quantitative estimate of drug-likeness (QED) is 0.605. The third-order valence-corrected chi connectivity index (χ3v) is 5.41. The van der Waals surface area contributed by atoms with E-state index < -0.39 is 0 Å². The van der Waals surface area contributed by atoms with Gasteiger partial charge in [-0.1, -0.05) is 11.6 Å². The molecule has 6 nitrogen and oxygen atoms in total. The van der Waals surface area contributed by atoms with Gasteiger partial charge in [0.1, 0.15) is 29.2 Å². The van der Waals surface area contributed by atoms with Gasteiger partial charge in [0.2, 0.25) is 0 Å². The van der Waals surface area contributed by atoms with Crippen molar-refractivity contribution in [3.05, 3.63) is 53.2 Å². The summed E-state index contributed by atoms with van der Waals surface area (Å²) in [7, 11) is 0. The highest BCUT2D eigenvalue weighted by atomic mass is 35.5. The molecule has 0 radical (unpaired) electrons. The summed E-state index contributed by atoms with van der Waals surface area (Å²) in [5.74, 6) is 1.17. The summed E-state index contributed by atoms with van der Waals surface area (Å²) in [6, 6.07) is 8.49. The first-order valence-corrected chi connectivity index (χ1v) is 10.1. The van der Waals surface area contributed by atoms with E-state index in [1.165, 1.54) is 12.4 Å². The Kier molecular flexibility index (Phi) is 5.78. The largest absolute Gasteiger partial charge is 0.493 e. The average Bonchev–Trinajstić information content (AvgIpc) is 3.18. The predicted molar refractivity (Wildman–Crippen MR) is 112 cm³/mol. The Morgan fingerprint density at radius 2 is 2.17 bits per heavy atom. The van der Waals surface area contributed by atoms with Crippen LogP contribution in [0.25, 0.3) is 11.0 Å². The second kappa shape index (κ2) is 8.47. The summed E-state index contributed by atoms with van der Waals surface area (Å²) >= 11 is 6.21. The summed E-state index contributed by atoms with van der Waals surface area (Å²) in [5.41, 5.74) is 7.89. The zero-order valence-electron chi connectivity index (χ0n) is 16.2. The van der Waals surface area contributed by atoms with Crippen LogP contribution in [0.3, 0.4) is 0 Å². The lowest BCUT2D eigenvalue weighted by molar-refractivity contribution is 0.296. The first kappa shape index (κ1) is 19.8. The zero-order valence-corrected chi connectivity index (χ0v) is 16.9. The van der Waals surface area contributed by atoms with E-state index in [1.807, 2.05) is 19.1 Å². The Hall–Kier alpha value is -2.51. The van der Waals surface area contributed by atoms with Crippen molar-refractivity contribution in [2.24, 2.45) is 5.73 Å². The maximum absolute atomic E-state index is 14.1. The molecule has 152 valence electrons. The molecule has 0 saturated carbocycles. The second-order valence-corrected chi connectivity index (χ2v) is 7.71. The highest BCUT2D eigenvalue weighted by molar-refractivity contribution is 6.33. The van der Waals surface area contributed by atoms with Gasteiger partial charge < -0.3 is 15.4 Å². The number of hydrogen-bond donors (Lipinski definition) is 1. The second-order valence-electron chi connectivity index (χ2n) is 7.35. The molecular formula is C21H23ClFN5O. The Bertz CT molecular complexity index is 1020. The van der Waals surface area contributed by atoms with Crippen molar-refractivity contribution in [1.29, 1.82) is 0 Å². The normalized spacial score (nSPS) is 17.7. The van der Waals surface area contributed by atoms with Crippen LogP contribution in [-0.2, 0) is 0 Å². The summed E-state index contributed by atoms with van der Waals surface area (Å²) in [6.45, 7) is 3.24. The van der Waals surface area contributed by atoms with Crippen LogP contribution in [0, 0.1) is 5.82 Å². The molecule has 1 aliphatic heterocycles. The molecule has 3 aromatic rings. The van der Waals surface area contributed by atoms with Crippen molar-refractivity contribution < 1.29 is 9.13 Å². The fraction of sp³-hybridized carbons (Fsp3) is 0.381. The predicted octanol–water partition coefficient (Wildman–Crippen LogP) is 4.27. The monoisotopic (exact) mass is 415 g/mol. The van der Waals surface area contributed by atoms with Crippen molar-refractivity contribution in [2.75, 3.05) is 18.1 Å². The minimum atomic E-state index is -0.283. The summed E-state index contributed by atoms with van der Waals surface area (Å²) < 4.78 is 20.1. The lowest BCUT2D eigenvalue weighted by Gasteiger charge is -2.28. The Balaban J connectivity index is 1.66. The lowest BCUT2D eigenvalue weighted by Crippen LogP contribution is -2.24. The van der Waals surface area contributed by atoms with Crippen LogP contribution in [0.1, 0.15) is 37.8 Å². The Labute approximate surface area is 173 Å². The smallest absolute Gasteiger partial charge is 0.158 e. The topological polar surface area (TPSA) is 77.2 Å². The van der Waals surface area contributed by atoms with Crippen molar-refractivity contribution in [1.82, 2.24) is 15.0 Å². The van der Waals surface area contributed by atoms with Gasteiger partial charge in [-0.3, -0.25) is 0 Å². The standard InChI is InChI=1S/C21H23ClFN5O/c1-13(24)8-10-29-18-6-4-14(23)11-15(18)17-3-2-9-28(17)19-7-5-16-20(27-19)21(22)26-12-25-16/h4-7,11-13,17H,2-3,8-10,24H2,1H3/t13-,17?/m1/s1. The molecule has 1 saturated heterocycles. The van der Waals surface area contributed by atoms with E-state index >= 15 is 0 Å². The van der Waals surface area contributed by atoms with E-state index in [0.717, 1.165) is 37.2 Å². The van der Waals surface area contributed by atoms with Crippen molar-refractivity contribution >= 4 is 28.5 Å². The molecule has 2 N–H and O–H groups in total. The van der Waals surface area contributed by atoms with Crippen molar-refractivity contribution in [3.63, 3.8) is 0 Å². The number of benzene rings is 1. The highest BCUT2D eigenvalue weighted by Crippen LogP contribution is 2.40. The first-order valence-electron chi connectivity index (χ1n) is 9.74. The highest BCUT2D eigenvalue weighted by Gasteiger charge is 2.30. The zero-order chi connectivity index (χ0) is 20.4. The number of pyridine rings is 1. The van der Waals surface area contributed by atoms with E-state index in [2.05, 4.69) is 19.9 Å². The van der Waals surface area contributed by atoms with Gasteiger partial charge in [-0.05, 0) is 56.5 Å². The van der Waals surface area contributed by atoms with Gasteiger partial charge in [0.05, 0.1) is 18.2 Å². The molecular weight excluding hydrogens is 393 g/mol. The number of anilines is 1. The molecule has 1 aliphatic rings. The van der Waals surface area contributed by atoms with Gasteiger partial charge in [-0.25, -0.2) is 19.3 Å². The number of ether oxygens (including phenoxy) is 1. The lowest BCUT2D eigenvalue weighted by atomic mass is 10.0. The molecule has 0 spiro atoms.